The Balaban J connectivity index is 1.68. The zero-order valence-corrected chi connectivity index (χ0v) is 19.3. The summed E-state index contributed by atoms with van der Waals surface area (Å²) in [5.74, 6) is 0.0249. The van der Waals surface area contributed by atoms with Crippen molar-refractivity contribution >= 4 is 39.9 Å². The van der Waals surface area contributed by atoms with Crippen molar-refractivity contribution in [2.45, 2.75) is 19.9 Å². The number of hydrogen-bond donors (Lipinski definition) is 1. The van der Waals surface area contributed by atoms with E-state index in [2.05, 4.69) is 15.5 Å². The molecule has 0 fully saturated rings. The lowest BCUT2D eigenvalue weighted by molar-refractivity contribution is 0.404. The summed E-state index contributed by atoms with van der Waals surface area (Å²) in [6, 6.07) is 14.4. The molecule has 0 bridgehead atoms. The number of thiocarbonyl (C=S) groups is 1. The minimum Gasteiger partial charge on any atom is -0.351 e. The number of rotatable bonds is 4. The topological polar surface area (TPSA) is 54.2 Å². The van der Waals surface area contributed by atoms with Crippen molar-refractivity contribution in [3.05, 3.63) is 94.3 Å². The fraction of sp³-hybridized carbons (Fsp3) is 0.125. The molecule has 1 unspecified atom stereocenters. The van der Waals surface area contributed by atoms with Crippen LogP contribution >= 0.6 is 23.6 Å². The lowest BCUT2D eigenvalue weighted by atomic mass is 9.94. The lowest BCUT2D eigenvalue weighted by Crippen LogP contribution is -2.46. The zero-order chi connectivity index (χ0) is 23.1. The maximum Gasteiger partial charge on any atom is 0.258 e. The summed E-state index contributed by atoms with van der Waals surface area (Å²) >= 11 is 7.14. The van der Waals surface area contributed by atoms with Crippen molar-refractivity contribution in [1.29, 1.82) is 0 Å². The molecule has 9 heteroatoms. The Morgan fingerprint density at radius 1 is 1.09 bits per heavy atom. The van der Waals surface area contributed by atoms with Crippen LogP contribution in [-0.2, 0) is 0 Å². The number of anilines is 1. The van der Waals surface area contributed by atoms with Gasteiger partial charge in [-0.15, -0.1) is 11.3 Å². The first-order valence-electron chi connectivity index (χ1n) is 10.1. The molecule has 166 valence electrons. The van der Waals surface area contributed by atoms with E-state index >= 15 is 0 Å². The minimum atomic E-state index is -0.531. The smallest absolute Gasteiger partial charge is 0.258 e. The molecule has 0 radical (unpaired) electrons. The molecule has 2 aromatic heterocycles. The highest BCUT2D eigenvalue weighted by Crippen LogP contribution is 2.39. The molecular formula is C24H18F2N4OS2. The minimum absolute atomic E-state index is 0.276. The van der Waals surface area contributed by atoms with Crippen LogP contribution in [0.2, 0.25) is 0 Å². The summed E-state index contributed by atoms with van der Waals surface area (Å²) in [7, 11) is 0. The molecule has 5 nitrogen and oxygen atoms in total. The van der Waals surface area contributed by atoms with Crippen molar-refractivity contribution < 1.29 is 13.3 Å². The van der Waals surface area contributed by atoms with E-state index in [0.717, 1.165) is 4.88 Å². The number of allylic oxidation sites excluding steroid dienone is 1. The number of nitrogens with one attached hydrogen (secondary N) is 1. The van der Waals surface area contributed by atoms with E-state index in [1.807, 2.05) is 24.4 Å². The van der Waals surface area contributed by atoms with Crippen LogP contribution in [0.3, 0.4) is 0 Å². The second-order valence-electron chi connectivity index (χ2n) is 7.61. The number of halogens is 2. The first kappa shape index (κ1) is 21.4. The predicted octanol–water partition coefficient (Wildman–Crippen LogP) is 6.25. The molecule has 1 aliphatic heterocycles. The van der Waals surface area contributed by atoms with Crippen LogP contribution < -0.4 is 10.2 Å². The van der Waals surface area contributed by atoms with Gasteiger partial charge in [-0.2, -0.15) is 4.98 Å². The fourth-order valence-corrected chi connectivity index (χ4v) is 4.84. The summed E-state index contributed by atoms with van der Waals surface area (Å²) in [4.78, 5) is 7.19. The number of thiophene rings is 1. The molecule has 0 saturated carbocycles. The summed E-state index contributed by atoms with van der Waals surface area (Å²) in [5.41, 5.74) is 3.05. The molecule has 1 atom stereocenters. The van der Waals surface area contributed by atoms with Gasteiger partial charge in [0.25, 0.3) is 5.89 Å². The Kier molecular flexibility index (Phi) is 5.51. The van der Waals surface area contributed by atoms with Crippen LogP contribution in [0.4, 0.5) is 14.5 Å². The van der Waals surface area contributed by atoms with Gasteiger partial charge in [-0.25, -0.2) is 8.78 Å². The molecule has 0 spiro atoms. The predicted molar refractivity (Wildman–Crippen MR) is 129 cm³/mol. The maximum atomic E-state index is 14.4. The van der Waals surface area contributed by atoms with Crippen LogP contribution in [0.25, 0.3) is 16.3 Å². The molecule has 1 aliphatic rings. The second kappa shape index (κ2) is 8.49. The third kappa shape index (κ3) is 3.94. The molecule has 3 heterocycles. The van der Waals surface area contributed by atoms with Crippen LogP contribution in [0.5, 0.6) is 0 Å². The van der Waals surface area contributed by atoms with Crippen LogP contribution in [0.1, 0.15) is 30.0 Å². The summed E-state index contributed by atoms with van der Waals surface area (Å²) in [6.45, 7) is 3.55. The van der Waals surface area contributed by atoms with Gasteiger partial charge in [-0.1, -0.05) is 29.4 Å². The van der Waals surface area contributed by atoms with Crippen LogP contribution in [-0.4, -0.2) is 15.3 Å². The Labute approximate surface area is 198 Å². The molecule has 0 amide bonds. The highest BCUT2D eigenvalue weighted by atomic mass is 32.1. The molecule has 1 N–H and O–H groups in total. The fourth-order valence-electron chi connectivity index (χ4n) is 3.83. The van der Waals surface area contributed by atoms with Gasteiger partial charge in [-0.05, 0) is 72.9 Å². The SMILES string of the molecule is CC1=C(c2nc(-c3cccs3)no2)C(c2cccc(F)c2)NC(=S)N1c1ccc(C)c(F)c1. The summed E-state index contributed by atoms with van der Waals surface area (Å²) in [6.07, 6.45) is 0. The van der Waals surface area contributed by atoms with E-state index in [9.17, 15) is 8.78 Å². The molecule has 33 heavy (non-hydrogen) atoms. The van der Waals surface area contributed by atoms with E-state index in [-0.39, 0.29) is 17.5 Å². The van der Waals surface area contributed by atoms with Gasteiger partial charge in [0.05, 0.1) is 22.2 Å². The molecule has 4 aromatic rings. The quantitative estimate of drug-likeness (QED) is 0.349. The van der Waals surface area contributed by atoms with Crippen LogP contribution in [0.15, 0.2) is 70.2 Å². The Hall–Kier alpha value is -3.43. The molecule has 0 saturated heterocycles. The standard InChI is InChI=1S/C24H18F2N4OS2/c1-13-8-9-17(12-18(13)26)30-14(2)20(23-28-22(29-31-23)19-7-4-10-33-19)21(27-24(30)32)15-5-3-6-16(25)11-15/h3-12,21H,1-2H3,(H,27,32). The lowest BCUT2D eigenvalue weighted by Gasteiger charge is -2.37. The van der Waals surface area contributed by atoms with Crippen molar-refractivity contribution in [3.8, 4) is 10.7 Å². The van der Waals surface area contributed by atoms with Crippen molar-refractivity contribution in [3.63, 3.8) is 0 Å². The van der Waals surface area contributed by atoms with E-state index < -0.39 is 6.04 Å². The number of nitrogens with zero attached hydrogens (tertiary/aromatic N) is 3. The largest absolute Gasteiger partial charge is 0.351 e. The highest BCUT2D eigenvalue weighted by molar-refractivity contribution is 7.80. The monoisotopic (exact) mass is 480 g/mol. The third-order valence-corrected chi connectivity index (χ3v) is 6.64. The normalized spacial score (nSPS) is 16.3. The molecule has 0 aliphatic carbocycles. The maximum absolute atomic E-state index is 14.4. The summed E-state index contributed by atoms with van der Waals surface area (Å²) in [5, 5.41) is 9.67. The van der Waals surface area contributed by atoms with Gasteiger partial charge < -0.3 is 9.84 Å². The summed E-state index contributed by atoms with van der Waals surface area (Å²) < 4.78 is 34.1. The molecular weight excluding hydrogens is 462 g/mol. The van der Waals surface area contributed by atoms with Crippen LogP contribution in [0, 0.1) is 18.6 Å². The van der Waals surface area contributed by atoms with E-state index in [0.29, 0.717) is 39.0 Å². The third-order valence-electron chi connectivity index (χ3n) is 5.48. The number of hydrogen-bond acceptors (Lipinski definition) is 5. The zero-order valence-electron chi connectivity index (χ0n) is 17.7. The van der Waals surface area contributed by atoms with Crippen molar-refractivity contribution in [1.82, 2.24) is 15.5 Å². The van der Waals surface area contributed by atoms with Gasteiger partial charge >= 0.3 is 0 Å². The van der Waals surface area contributed by atoms with Crippen molar-refractivity contribution in [2.24, 2.45) is 0 Å². The van der Waals surface area contributed by atoms with E-state index in [1.165, 1.54) is 29.5 Å². The average Bonchev–Trinajstić information content (AvgIpc) is 3.48. The number of aryl methyl sites for hydroxylation is 1. The van der Waals surface area contributed by atoms with Gasteiger partial charge in [0.1, 0.15) is 11.6 Å². The molecule has 5 rings (SSSR count). The second-order valence-corrected chi connectivity index (χ2v) is 8.94. The Bertz CT molecular complexity index is 1380. The van der Waals surface area contributed by atoms with Gasteiger partial charge in [0.2, 0.25) is 5.82 Å². The van der Waals surface area contributed by atoms with Gasteiger partial charge in [0, 0.05) is 5.70 Å². The average molecular weight is 481 g/mol. The van der Waals surface area contributed by atoms with E-state index in [1.54, 1.807) is 36.1 Å². The number of aromatic nitrogens is 2. The Morgan fingerprint density at radius 2 is 1.94 bits per heavy atom. The van der Waals surface area contributed by atoms with Crippen molar-refractivity contribution in [2.75, 3.05) is 4.90 Å². The Morgan fingerprint density at radius 3 is 2.67 bits per heavy atom. The highest BCUT2D eigenvalue weighted by Gasteiger charge is 2.35. The molecule has 2 aromatic carbocycles. The van der Waals surface area contributed by atoms with E-state index in [4.69, 9.17) is 16.7 Å². The first-order chi connectivity index (χ1) is 15.9. The first-order valence-corrected chi connectivity index (χ1v) is 11.4. The number of benzene rings is 2. The van der Waals surface area contributed by atoms with Gasteiger partial charge in [-0.3, -0.25) is 4.90 Å². The van der Waals surface area contributed by atoms with Gasteiger partial charge in [0.15, 0.2) is 5.11 Å².